The number of nitrogens with zero attached hydrogens (tertiary/aromatic N) is 1. The maximum absolute atomic E-state index is 2.67. The summed E-state index contributed by atoms with van der Waals surface area (Å²) < 4.78 is 0. The molecule has 3 aromatic rings. The number of thiophene rings is 2. The molecule has 1 saturated heterocycles. The molecule has 0 amide bonds. The summed E-state index contributed by atoms with van der Waals surface area (Å²) in [6.07, 6.45) is 6.36. The van der Waals surface area contributed by atoms with Gasteiger partial charge in [-0.2, -0.15) is 22.7 Å². The van der Waals surface area contributed by atoms with E-state index in [1.165, 1.54) is 53.6 Å². The van der Waals surface area contributed by atoms with Crippen molar-refractivity contribution in [2.45, 2.75) is 32.2 Å². The van der Waals surface area contributed by atoms with E-state index in [4.69, 9.17) is 0 Å². The third-order valence-corrected chi connectivity index (χ3v) is 6.72. The summed E-state index contributed by atoms with van der Waals surface area (Å²) >= 11 is 3.55. The second-order valence-corrected chi connectivity index (χ2v) is 8.57. The molecule has 0 saturated carbocycles. The summed E-state index contributed by atoms with van der Waals surface area (Å²) in [6.45, 7) is 4.45. The highest BCUT2D eigenvalue weighted by Gasteiger charge is 2.24. The van der Waals surface area contributed by atoms with Crippen LogP contribution in [-0.2, 0) is 0 Å². The number of hydrogen-bond acceptors (Lipinski definition) is 3. The van der Waals surface area contributed by atoms with Gasteiger partial charge in [-0.05, 0) is 87.8 Å². The first kappa shape index (κ1) is 17.7. The fourth-order valence-corrected chi connectivity index (χ4v) is 5.28. The molecule has 1 unspecified atom stereocenters. The predicted molar refractivity (Wildman–Crippen MR) is 115 cm³/mol. The molecule has 134 valence electrons. The largest absolute Gasteiger partial charge is 0.293 e. The number of hydrogen-bond donors (Lipinski definition) is 0. The van der Waals surface area contributed by atoms with E-state index in [0.29, 0.717) is 6.04 Å². The van der Waals surface area contributed by atoms with Gasteiger partial charge in [0, 0.05) is 12.6 Å². The average molecular weight is 380 g/mol. The maximum atomic E-state index is 2.67. The van der Waals surface area contributed by atoms with Crippen LogP contribution in [0.4, 0.5) is 0 Å². The van der Waals surface area contributed by atoms with Crippen LogP contribution in [0.1, 0.15) is 47.6 Å². The topological polar surface area (TPSA) is 3.24 Å². The Morgan fingerprint density at radius 3 is 2.42 bits per heavy atom. The Bertz CT molecular complexity index is 810. The number of likely N-dealkylation sites (tertiary alicyclic amines) is 1. The lowest BCUT2D eigenvalue weighted by Crippen LogP contribution is -2.34. The van der Waals surface area contributed by atoms with Crippen molar-refractivity contribution in [3.63, 3.8) is 0 Å². The van der Waals surface area contributed by atoms with Crippen LogP contribution in [0.15, 0.2) is 64.0 Å². The van der Waals surface area contributed by atoms with Crippen LogP contribution in [0.5, 0.6) is 0 Å². The standard InChI is InChI=1S/C23H25NS2/c1-18-6-2-3-7-21(18)23-8-4-5-12-24(23)13-9-22(19-10-14-25-16-19)20-11-15-26-17-20/h2-3,6-7,9-11,14-17,23H,4-5,8,12-13H2,1H3. The zero-order valence-electron chi connectivity index (χ0n) is 15.2. The van der Waals surface area contributed by atoms with Crippen molar-refractivity contribution in [1.29, 1.82) is 0 Å². The summed E-state index contributed by atoms with van der Waals surface area (Å²) in [5, 5.41) is 8.87. The van der Waals surface area contributed by atoms with Crippen molar-refractivity contribution in [3.05, 3.63) is 86.2 Å². The third kappa shape index (κ3) is 3.85. The van der Waals surface area contributed by atoms with Crippen molar-refractivity contribution >= 4 is 28.2 Å². The number of aryl methyl sites for hydroxylation is 1. The Balaban J connectivity index is 1.61. The summed E-state index contributed by atoms with van der Waals surface area (Å²) in [6, 6.07) is 13.9. The Labute approximate surface area is 164 Å². The minimum Gasteiger partial charge on any atom is -0.293 e. The van der Waals surface area contributed by atoms with Crippen molar-refractivity contribution in [2.24, 2.45) is 0 Å². The molecule has 1 aliphatic rings. The second-order valence-electron chi connectivity index (χ2n) is 7.00. The van der Waals surface area contributed by atoms with E-state index < -0.39 is 0 Å². The highest BCUT2D eigenvalue weighted by atomic mass is 32.1. The normalized spacial score (nSPS) is 18.0. The minimum atomic E-state index is 0.549. The summed E-state index contributed by atoms with van der Waals surface area (Å²) in [4.78, 5) is 2.67. The molecule has 1 atom stereocenters. The van der Waals surface area contributed by atoms with Crippen LogP contribution in [0.2, 0.25) is 0 Å². The molecular formula is C23H25NS2. The molecule has 3 heterocycles. The fraction of sp³-hybridized carbons (Fsp3) is 0.304. The molecule has 4 rings (SSSR count). The zero-order valence-corrected chi connectivity index (χ0v) is 16.9. The van der Waals surface area contributed by atoms with Crippen molar-refractivity contribution in [1.82, 2.24) is 4.90 Å². The van der Waals surface area contributed by atoms with E-state index in [9.17, 15) is 0 Å². The van der Waals surface area contributed by atoms with Crippen molar-refractivity contribution in [2.75, 3.05) is 13.1 Å². The smallest absolute Gasteiger partial charge is 0.0354 e. The predicted octanol–water partition coefficient (Wildman–Crippen LogP) is 6.78. The maximum Gasteiger partial charge on any atom is 0.0354 e. The van der Waals surface area contributed by atoms with Gasteiger partial charge in [-0.15, -0.1) is 0 Å². The van der Waals surface area contributed by atoms with Crippen LogP contribution >= 0.6 is 22.7 Å². The number of benzene rings is 1. The van der Waals surface area contributed by atoms with Crippen molar-refractivity contribution < 1.29 is 0 Å². The first-order chi connectivity index (χ1) is 12.8. The first-order valence-corrected chi connectivity index (χ1v) is 11.3. The quantitative estimate of drug-likeness (QED) is 0.472. The highest BCUT2D eigenvalue weighted by molar-refractivity contribution is 7.08. The molecule has 0 N–H and O–H groups in total. The second kappa shape index (κ2) is 8.34. The Morgan fingerprint density at radius 1 is 1.04 bits per heavy atom. The Kier molecular flexibility index (Phi) is 5.68. The number of rotatable bonds is 5. The Morgan fingerprint density at radius 2 is 1.77 bits per heavy atom. The average Bonchev–Trinajstić information content (AvgIpc) is 3.37. The molecule has 0 radical (unpaired) electrons. The molecule has 0 spiro atoms. The molecule has 26 heavy (non-hydrogen) atoms. The van der Waals surface area contributed by atoms with Gasteiger partial charge in [-0.3, -0.25) is 4.90 Å². The molecule has 1 fully saturated rings. The van der Waals surface area contributed by atoms with Crippen LogP contribution in [-0.4, -0.2) is 18.0 Å². The molecule has 3 heteroatoms. The summed E-state index contributed by atoms with van der Waals surface area (Å²) in [7, 11) is 0. The van der Waals surface area contributed by atoms with Crippen LogP contribution in [0.25, 0.3) is 5.57 Å². The van der Waals surface area contributed by atoms with E-state index >= 15 is 0 Å². The van der Waals surface area contributed by atoms with Gasteiger partial charge in [-0.25, -0.2) is 0 Å². The van der Waals surface area contributed by atoms with Gasteiger partial charge < -0.3 is 0 Å². The number of piperidine rings is 1. The zero-order chi connectivity index (χ0) is 17.8. The molecule has 1 nitrogen and oxygen atoms in total. The lowest BCUT2D eigenvalue weighted by atomic mass is 9.92. The summed E-state index contributed by atoms with van der Waals surface area (Å²) in [5.41, 5.74) is 7.00. The van der Waals surface area contributed by atoms with Gasteiger partial charge in [0.25, 0.3) is 0 Å². The third-order valence-electron chi connectivity index (χ3n) is 5.36. The molecule has 0 bridgehead atoms. The van der Waals surface area contributed by atoms with E-state index in [1.807, 2.05) is 0 Å². The van der Waals surface area contributed by atoms with E-state index in [2.05, 4.69) is 75.8 Å². The molecular weight excluding hydrogens is 354 g/mol. The molecule has 1 aromatic carbocycles. The van der Waals surface area contributed by atoms with E-state index in [1.54, 1.807) is 22.7 Å². The van der Waals surface area contributed by atoms with Gasteiger partial charge in [0.1, 0.15) is 0 Å². The van der Waals surface area contributed by atoms with Gasteiger partial charge >= 0.3 is 0 Å². The van der Waals surface area contributed by atoms with Gasteiger partial charge in [0.2, 0.25) is 0 Å². The van der Waals surface area contributed by atoms with Gasteiger partial charge in [-0.1, -0.05) is 36.8 Å². The van der Waals surface area contributed by atoms with Crippen molar-refractivity contribution in [3.8, 4) is 0 Å². The minimum absolute atomic E-state index is 0.549. The molecule has 1 aliphatic heterocycles. The lowest BCUT2D eigenvalue weighted by molar-refractivity contribution is 0.166. The molecule has 0 aliphatic carbocycles. The van der Waals surface area contributed by atoms with Gasteiger partial charge in [0.05, 0.1) is 0 Å². The van der Waals surface area contributed by atoms with Gasteiger partial charge in [0.15, 0.2) is 0 Å². The SMILES string of the molecule is Cc1ccccc1C1CCCCN1CC=C(c1ccsc1)c1ccsc1. The van der Waals surface area contributed by atoms with E-state index in [0.717, 1.165) is 6.54 Å². The monoisotopic (exact) mass is 379 g/mol. The van der Waals surface area contributed by atoms with Crippen LogP contribution < -0.4 is 0 Å². The highest BCUT2D eigenvalue weighted by Crippen LogP contribution is 2.33. The Hall–Kier alpha value is -1.68. The fourth-order valence-electron chi connectivity index (χ4n) is 3.97. The first-order valence-electron chi connectivity index (χ1n) is 9.38. The molecule has 2 aromatic heterocycles. The summed E-state index contributed by atoms with van der Waals surface area (Å²) in [5.74, 6) is 0. The van der Waals surface area contributed by atoms with Crippen LogP contribution in [0, 0.1) is 6.92 Å². The van der Waals surface area contributed by atoms with Crippen LogP contribution in [0.3, 0.4) is 0 Å². The lowest BCUT2D eigenvalue weighted by Gasteiger charge is -2.36. The van der Waals surface area contributed by atoms with E-state index in [-0.39, 0.29) is 0 Å².